The first-order valence-electron chi connectivity index (χ1n) is 10.8. The number of rotatable bonds is 6. The largest absolute Gasteiger partial charge is 0.480 e. The number of aromatic nitrogens is 2. The van der Waals surface area contributed by atoms with Crippen molar-refractivity contribution in [3.05, 3.63) is 91.5 Å². The first-order chi connectivity index (χ1) is 17.9. The summed E-state index contributed by atoms with van der Waals surface area (Å²) in [6, 6.07) is 4.27. The molecule has 3 rings (SSSR count). The molecule has 0 aliphatic heterocycles. The predicted octanol–water partition coefficient (Wildman–Crippen LogP) is 3.35. The Labute approximate surface area is 213 Å². The van der Waals surface area contributed by atoms with Crippen LogP contribution in [0.2, 0.25) is 0 Å². The fraction of sp³-hybridized carbons (Fsp3) is 0.250. The zero-order chi connectivity index (χ0) is 29.4. The van der Waals surface area contributed by atoms with Gasteiger partial charge >= 0.3 is 24.0 Å². The molecular weight excluding hydrogens is 543 g/mol. The van der Waals surface area contributed by atoms with E-state index in [-0.39, 0.29) is 15.7 Å². The van der Waals surface area contributed by atoms with Gasteiger partial charge in [0.15, 0.2) is 0 Å². The van der Waals surface area contributed by atoms with Crippen molar-refractivity contribution in [1.29, 1.82) is 0 Å². The molecule has 1 heterocycles. The molecule has 0 spiro atoms. The first-order valence-corrected chi connectivity index (χ1v) is 10.8. The van der Waals surface area contributed by atoms with Crippen LogP contribution in [0.3, 0.4) is 0 Å². The highest BCUT2D eigenvalue weighted by atomic mass is 19.4. The second-order valence-corrected chi connectivity index (χ2v) is 8.35. The molecule has 0 aliphatic carbocycles. The first kappa shape index (κ1) is 29.1. The van der Waals surface area contributed by atoms with Gasteiger partial charge in [-0.05, 0) is 23.3 Å². The Bertz CT molecular complexity index is 1550. The summed E-state index contributed by atoms with van der Waals surface area (Å²) in [7, 11) is 1.82. The Balaban J connectivity index is 1.96. The van der Waals surface area contributed by atoms with Gasteiger partial charge in [0.05, 0.1) is 16.7 Å². The molecule has 0 saturated heterocycles. The number of hydrogen-bond acceptors (Lipinski definition) is 4. The van der Waals surface area contributed by atoms with Crippen LogP contribution < -0.4 is 16.6 Å². The van der Waals surface area contributed by atoms with Gasteiger partial charge in [0.2, 0.25) is 0 Å². The standard InChI is InChI=1S/C24H18F7N3O5/c1-33-18(24(29,30)31)16(20(36)34(2)22(33)39)12-8-6-11(7-9-12)10-15(21(37)38)32-19(35)17-13(23(26,27)28)4-3-5-14(17)25/h3-9,15H,10H2,1-2H3,(H,32,35)(H,37,38)/t15-/m0/s1. The number of alkyl halides is 6. The molecule has 0 saturated carbocycles. The van der Waals surface area contributed by atoms with Crippen LogP contribution in [-0.2, 0) is 37.7 Å². The summed E-state index contributed by atoms with van der Waals surface area (Å²) >= 11 is 0. The van der Waals surface area contributed by atoms with E-state index in [1.165, 1.54) is 0 Å². The quantitative estimate of drug-likeness (QED) is 0.449. The van der Waals surface area contributed by atoms with E-state index in [1.54, 1.807) is 0 Å². The second kappa shape index (κ2) is 10.4. The Kier molecular flexibility index (Phi) is 7.75. The van der Waals surface area contributed by atoms with Crippen LogP contribution in [-0.4, -0.2) is 32.2 Å². The Morgan fingerprint density at radius 3 is 2.03 bits per heavy atom. The van der Waals surface area contributed by atoms with E-state index in [4.69, 9.17) is 0 Å². The van der Waals surface area contributed by atoms with Crippen LogP contribution >= 0.6 is 0 Å². The highest BCUT2D eigenvalue weighted by Gasteiger charge is 2.40. The highest BCUT2D eigenvalue weighted by molar-refractivity contribution is 5.98. The van der Waals surface area contributed by atoms with Gasteiger partial charge in [0, 0.05) is 20.5 Å². The molecule has 8 nitrogen and oxygen atoms in total. The normalized spacial score (nSPS) is 12.7. The monoisotopic (exact) mass is 561 g/mol. The van der Waals surface area contributed by atoms with E-state index < -0.39 is 76.1 Å². The van der Waals surface area contributed by atoms with Crippen LogP contribution in [0.4, 0.5) is 30.7 Å². The van der Waals surface area contributed by atoms with Gasteiger partial charge in [0.1, 0.15) is 17.6 Å². The molecule has 1 atom stereocenters. The van der Waals surface area contributed by atoms with Crippen LogP contribution in [0.1, 0.15) is 27.2 Å². The summed E-state index contributed by atoms with van der Waals surface area (Å²) in [6.07, 6.45) is -10.8. The fourth-order valence-electron chi connectivity index (χ4n) is 3.90. The molecule has 0 radical (unpaired) electrons. The summed E-state index contributed by atoms with van der Waals surface area (Å²) < 4.78 is 95.7. The topological polar surface area (TPSA) is 110 Å². The number of hydrogen-bond donors (Lipinski definition) is 2. The third-order valence-corrected chi connectivity index (χ3v) is 5.77. The number of amides is 1. The molecule has 2 aromatic carbocycles. The minimum atomic E-state index is -5.11. The lowest BCUT2D eigenvalue weighted by Gasteiger charge is -2.19. The van der Waals surface area contributed by atoms with Gasteiger partial charge in [-0.25, -0.2) is 14.0 Å². The number of benzene rings is 2. The van der Waals surface area contributed by atoms with Crippen molar-refractivity contribution in [2.24, 2.45) is 14.1 Å². The van der Waals surface area contributed by atoms with E-state index in [0.717, 1.165) is 44.4 Å². The van der Waals surface area contributed by atoms with E-state index in [9.17, 15) is 55.0 Å². The predicted molar refractivity (Wildman–Crippen MR) is 121 cm³/mol. The van der Waals surface area contributed by atoms with E-state index >= 15 is 0 Å². The summed E-state index contributed by atoms with van der Waals surface area (Å²) in [5.74, 6) is -4.87. The fourth-order valence-corrected chi connectivity index (χ4v) is 3.90. The lowest BCUT2D eigenvalue weighted by atomic mass is 9.99. The van der Waals surface area contributed by atoms with E-state index in [1.807, 2.05) is 5.32 Å². The van der Waals surface area contributed by atoms with Gasteiger partial charge in [-0.15, -0.1) is 0 Å². The number of carbonyl (C=O) groups excluding carboxylic acids is 1. The molecule has 15 heteroatoms. The SMILES string of the molecule is Cn1c(C(F)(F)F)c(-c2ccc(C[C@H](NC(=O)c3c(F)cccc3C(F)(F)F)C(=O)O)cc2)c(=O)n(C)c1=O. The van der Waals surface area contributed by atoms with Gasteiger partial charge in [-0.1, -0.05) is 30.3 Å². The summed E-state index contributed by atoms with van der Waals surface area (Å²) in [4.78, 5) is 48.7. The van der Waals surface area contributed by atoms with Crippen molar-refractivity contribution < 1.29 is 45.4 Å². The highest BCUT2D eigenvalue weighted by Crippen LogP contribution is 2.35. The summed E-state index contributed by atoms with van der Waals surface area (Å²) in [5, 5.41) is 11.3. The van der Waals surface area contributed by atoms with Crippen molar-refractivity contribution in [2.75, 3.05) is 0 Å². The van der Waals surface area contributed by atoms with Crippen LogP contribution in [0.15, 0.2) is 52.1 Å². The maximum absolute atomic E-state index is 14.1. The maximum atomic E-state index is 14.1. The number of carboxylic acid groups (broad SMARTS) is 1. The number of carboxylic acids is 1. The average Bonchev–Trinajstić information content (AvgIpc) is 2.83. The zero-order valence-corrected chi connectivity index (χ0v) is 19.9. The lowest BCUT2D eigenvalue weighted by Crippen LogP contribution is -2.43. The average molecular weight is 561 g/mol. The maximum Gasteiger partial charge on any atom is 0.432 e. The van der Waals surface area contributed by atoms with Gasteiger partial charge in [-0.3, -0.25) is 18.7 Å². The molecule has 208 valence electrons. The Morgan fingerprint density at radius 1 is 0.923 bits per heavy atom. The molecule has 0 fully saturated rings. The van der Waals surface area contributed by atoms with Crippen molar-refractivity contribution >= 4 is 11.9 Å². The molecule has 1 amide bonds. The van der Waals surface area contributed by atoms with Crippen LogP contribution in [0, 0.1) is 5.82 Å². The lowest BCUT2D eigenvalue weighted by molar-refractivity contribution is -0.143. The molecule has 39 heavy (non-hydrogen) atoms. The molecule has 0 unspecified atom stereocenters. The summed E-state index contributed by atoms with van der Waals surface area (Å²) in [6.45, 7) is 0. The van der Waals surface area contributed by atoms with Gasteiger partial charge < -0.3 is 10.4 Å². The van der Waals surface area contributed by atoms with Crippen LogP contribution in [0.25, 0.3) is 11.1 Å². The smallest absolute Gasteiger partial charge is 0.432 e. The van der Waals surface area contributed by atoms with Crippen LogP contribution in [0.5, 0.6) is 0 Å². The van der Waals surface area contributed by atoms with E-state index in [2.05, 4.69) is 0 Å². The van der Waals surface area contributed by atoms with Gasteiger partial charge in [-0.2, -0.15) is 26.3 Å². The Morgan fingerprint density at radius 2 is 1.51 bits per heavy atom. The zero-order valence-electron chi connectivity index (χ0n) is 19.9. The Hall–Kier alpha value is -4.43. The van der Waals surface area contributed by atoms with Crippen molar-refractivity contribution in [3.8, 4) is 11.1 Å². The third kappa shape index (κ3) is 5.86. The number of carbonyl (C=O) groups is 2. The number of aliphatic carboxylic acids is 1. The van der Waals surface area contributed by atoms with E-state index in [0.29, 0.717) is 16.7 Å². The minimum absolute atomic E-state index is 0.0891. The van der Waals surface area contributed by atoms with Gasteiger partial charge in [0.25, 0.3) is 11.5 Å². The van der Waals surface area contributed by atoms with Crippen molar-refractivity contribution in [1.82, 2.24) is 14.5 Å². The molecule has 2 N–H and O–H groups in total. The number of nitrogens with zero attached hydrogens (tertiary/aromatic N) is 2. The molecular formula is C24H18F7N3O5. The molecule has 0 aliphatic rings. The summed E-state index contributed by atoms with van der Waals surface area (Å²) in [5.41, 5.74) is -8.00. The minimum Gasteiger partial charge on any atom is -0.480 e. The molecule has 1 aromatic heterocycles. The van der Waals surface area contributed by atoms with Crippen molar-refractivity contribution in [3.63, 3.8) is 0 Å². The molecule has 3 aromatic rings. The molecule has 0 bridgehead atoms. The van der Waals surface area contributed by atoms with Crippen molar-refractivity contribution in [2.45, 2.75) is 24.8 Å². The number of halogens is 7. The second-order valence-electron chi connectivity index (χ2n) is 8.35. The number of nitrogens with one attached hydrogen (secondary N) is 1. The third-order valence-electron chi connectivity index (χ3n) is 5.77.